The number of benzene rings is 1. The standard InChI is InChI=1S/C12H9Br2NO2/c1-7-2-3-10(9(13)6-7)15-12(16)8-4-5-17-11(8)14/h2-6H,1H3,(H,15,16). The lowest BCUT2D eigenvalue weighted by Crippen LogP contribution is -2.11. The van der Waals surface area contributed by atoms with Crippen molar-refractivity contribution >= 4 is 43.5 Å². The van der Waals surface area contributed by atoms with Gasteiger partial charge < -0.3 is 9.73 Å². The van der Waals surface area contributed by atoms with Gasteiger partial charge in [-0.15, -0.1) is 0 Å². The van der Waals surface area contributed by atoms with Crippen molar-refractivity contribution < 1.29 is 9.21 Å². The molecule has 0 fully saturated rings. The smallest absolute Gasteiger partial charge is 0.260 e. The number of carbonyl (C=O) groups excluding carboxylic acids is 1. The number of halogens is 2. The van der Waals surface area contributed by atoms with Gasteiger partial charge in [0.05, 0.1) is 17.5 Å². The van der Waals surface area contributed by atoms with Crippen molar-refractivity contribution in [1.29, 1.82) is 0 Å². The maximum Gasteiger partial charge on any atom is 0.260 e. The van der Waals surface area contributed by atoms with Gasteiger partial charge in [-0.2, -0.15) is 0 Å². The van der Waals surface area contributed by atoms with Crippen molar-refractivity contribution in [3.8, 4) is 0 Å². The normalized spacial score (nSPS) is 10.3. The summed E-state index contributed by atoms with van der Waals surface area (Å²) >= 11 is 6.58. The zero-order valence-electron chi connectivity index (χ0n) is 8.96. The summed E-state index contributed by atoms with van der Waals surface area (Å²) in [6.07, 6.45) is 1.46. The first kappa shape index (κ1) is 12.4. The fourth-order valence-corrected chi connectivity index (χ4v) is 2.38. The largest absolute Gasteiger partial charge is 0.457 e. The minimum atomic E-state index is -0.213. The van der Waals surface area contributed by atoms with Crippen molar-refractivity contribution in [3.05, 3.63) is 50.8 Å². The maximum atomic E-state index is 11.9. The molecule has 0 bridgehead atoms. The van der Waals surface area contributed by atoms with Crippen LogP contribution in [0.2, 0.25) is 0 Å². The molecule has 2 aromatic rings. The Labute approximate surface area is 115 Å². The molecule has 0 aliphatic carbocycles. The average Bonchev–Trinajstić information content (AvgIpc) is 2.68. The van der Waals surface area contributed by atoms with Crippen LogP contribution in [-0.2, 0) is 0 Å². The van der Waals surface area contributed by atoms with Crippen LogP contribution in [0.4, 0.5) is 5.69 Å². The van der Waals surface area contributed by atoms with Gasteiger partial charge in [-0.05, 0) is 62.5 Å². The van der Waals surface area contributed by atoms with Gasteiger partial charge in [0.2, 0.25) is 0 Å². The SMILES string of the molecule is Cc1ccc(NC(=O)c2ccoc2Br)c(Br)c1. The molecule has 0 radical (unpaired) electrons. The van der Waals surface area contributed by atoms with Crippen LogP contribution in [0.3, 0.4) is 0 Å². The number of anilines is 1. The summed E-state index contributed by atoms with van der Waals surface area (Å²) in [5, 5.41) is 2.80. The molecule has 1 N–H and O–H groups in total. The maximum absolute atomic E-state index is 11.9. The Kier molecular flexibility index (Phi) is 3.69. The Morgan fingerprint density at radius 2 is 2.06 bits per heavy atom. The van der Waals surface area contributed by atoms with Gasteiger partial charge in [-0.1, -0.05) is 6.07 Å². The summed E-state index contributed by atoms with van der Waals surface area (Å²) < 4.78 is 6.30. The first-order chi connectivity index (χ1) is 8.08. The van der Waals surface area contributed by atoms with E-state index < -0.39 is 0 Å². The molecular formula is C12H9Br2NO2. The van der Waals surface area contributed by atoms with E-state index in [2.05, 4.69) is 37.2 Å². The van der Waals surface area contributed by atoms with E-state index in [4.69, 9.17) is 4.42 Å². The molecule has 0 aliphatic rings. The highest BCUT2D eigenvalue weighted by atomic mass is 79.9. The highest BCUT2D eigenvalue weighted by Crippen LogP contribution is 2.25. The number of amides is 1. The van der Waals surface area contributed by atoms with Crippen molar-refractivity contribution in [2.75, 3.05) is 5.32 Å². The molecule has 0 aliphatic heterocycles. The van der Waals surface area contributed by atoms with Crippen LogP contribution in [0.5, 0.6) is 0 Å². The van der Waals surface area contributed by atoms with Gasteiger partial charge in [0.1, 0.15) is 0 Å². The van der Waals surface area contributed by atoms with Crippen molar-refractivity contribution in [1.82, 2.24) is 0 Å². The van der Waals surface area contributed by atoms with E-state index in [1.807, 2.05) is 25.1 Å². The first-order valence-corrected chi connectivity index (χ1v) is 6.47. The third-order valence-electron chi connectivity index (χ3n) is 2.24. The highest BCUT2D eigenvalue weighted by Gasteiger charge is 2.13. The Morgan fingerprint density at radius 1 is 1.29 bits per heavy atom. The van der Waals surface area contributed by atoms with Crippen LogP contribution in [0.1, 0.15) is 15.9 Å². The van der Waals surface area contributed by atoms with Crippen molar-refractivity contribution in [3.63, 3.8) is 0 Å². The summed E-state index contributed by atoms with van der Waals surface area (Å²) in [4.78, 5) is 11.9. The number of nitrogens with one attached hydrogen (secondary N) is 1. The number of carbonyl (C=O) groups is 1. The van der Waals surface area contributed by atoms with E-state index in [1.54, 1.807) is 6.07 Å². The second-order valence-corrected chi connectivity index (χ2v) is 5.12. The second-order valence-electron chi connectivity index (χ2n) is 3.55. The quantitative estimate of drug-likeness (QED) is 0.866. The Bertz CT molecular complexity index is 563. The molecule has 2 rings (SSSR count). The summed E-state index contributed by atoms with van der Waals surface area (Å²) in [7, 11) is 0. The summed E-state index contributed by atoms with van der Waals surface area (Å²) in [5.41, 5.74) is 2.32. The van der Waals surface area contributed by atoms with Gasteiger partial charge >= 0.3 is 0 Å². The third kappa shape index (κ3) is 2.79. The zero-order chi connectivity index (χ0) is 12.4. The van der Waals surface area contributed by atoms with Crippen molar-refractivity contribution in [2.24, 2.45) is 0 Å². The van der Waals surface area contributed by atoms with E-state index in [9.17, 15) is 4.79 Å². The highest BCUT2D eigenvalue weighted by molar-refractivity contribution is 9.10. The number of hydrogen-bond donors (Lipinski definition) is 1. The minimum absolute atomic E-state index is 0.213. The number of rotatable bonds is 2. The molecule has 0 saturated heterocycles. The molecule has 5 heteroatoms. The van der Waals surface area contributed by atoms with Crippen LogP contribution in [-0.4, -0.2) is 5.91 Å². The Balaban J connectivity index is 2.22. The Morgan fingerprint density at radius 3 is 2.65 bits per heavy atom. The molecule has 0 spiro atoms. The van der Waals surface area contributed by atoms with Crippen LogP contribution in [0.25, 0.3) is 0 Å². The molecule has 0 atom stereocenters. The fourth-order valence-electron chi connectivity index (χ4n) is 1.37. The van der Waals surface area contributed by atoms with E-state index in [0.29, 0.717) is 10.2 Å². The van der Waals surface area contributed by atoms with Gasteiger partial charge in [-0.3, -0.25) is 4.79 Å². The predicted octanol–water partition coefficient (Wildman–Crippen LogP) is 4.37. The average molecular weight is 359 g/mol. The lowest BCUT2D eigenvalue weighted by molar-refractivity contribution is 0.102. The van der Waals surface area contributed by atoms with Gasteiger partial charge in [-0.25, -0.2) is 0 Å². The number of furan rings is 1. The minimum Gasteiger partial charge on any atom is -0.457 e. The van der Waals surface area contributed by atoms with E-state index in [-0.39, 0.29) is 5.91 Å². The molecular weight excluding hydrogens is 350 g/mol. The predicted molar refractivity (Wildman–Crippen MR) is 73.2 cm³/mol. The number of aryl methyl sites for hydroxylation is 1. The summed E-state index contributed by atoms with van der Waals surface area (Å²) in [5.74, 6) is -0.213. The third-order valence-corrected chi connectivity index (χ3v) is 3.51. The van der Waals surface area contributed by atoms with Crippen LogP contribution in [0.15, 0.2) is 44.1 Å². The molecule has 1 heterocycles. The molecule has 17 heavy (non-hydrogen) atoms. The van der Waals surface area contributed by atoms with Gasteiger partial charge in [0, 0.05) is 4.47 Å². The topological polar surface area (TPSA) is 42.2 Å². The van der Waals surface area contributed by atoms with E-state index in [1.165, 1.54) is 6.26 Å². The molecule has 1 aromatic heterocycles. The lowest BCUT2D eigenvalue weighted by Gasteiger charge is -2.07. The molecule has 1 amide bonds. The summed E-state index contributed by atoms with van der Waals surface area (Å²) in [6, 6.07) is 7.34. The van der Waals surface area contributed by atoms with Crippen LogP contribution < -0.4 is 5.32 Å². The first-order valence-electron chi connectivity index (χ1n) is 4.88. The molecule has 0 unspecified atom stereocenters. The molecule has 3 nitrogen and oxygen atoms in total. The monoisotopic (exact) mass is 357 g/mol. The second kappa shape index (κ2) is 5.06. The zero-order valence-corrected chi connectivity index (χ0v) is 12.1. The Hall–Kier alpha value is -1.07. The molecule has 0 saturated carbocycles. The van der Waals surface area contributed by atoms with Crippen LogP contribution >= 0.6 is 31.9 Å². The van der Waals surface area contributed by atoms with E-state index in [0.717, 1.165) is 15.7 Å². The van der Waals surface area contributed by atoms with Crippen molar-refractivity contribution in [2.45, 2.75) is 6.92 Å². The summed E-state index contributed by atoms with van der Waals surface area (Å²) in [6.45, 7) is 1.99. The van der Waals surface area contributed by atoms with E-state index >= 15 is 0 Å². The van der Waals surface area contributed by atoms with Gasteiger partial charge in [0.15, 0.2) is 4.67 Å². The van der Waals surface area contributed by atoms with Gasteiger partial charge in [0.25, 0.3) is 5.91 Å². The lowest BCUT2D eigenvalue weighted by atomic mass is 10.2. The fraction of sp³-hybridized carbons (Fsp3) is 0.0833. The molecule has 1 aromatic carbocycles. The molecule has 88 valence electrons. The van der Waals surface area contributed by atoms with Crippen LogP contribution in [0, 0.1) is 6.92 Å². The number of hydrogen-bond acceptors (Lipinski definition) is 2.